The number of aromatic amines is 1. The van der Waals surface area contributed by atoms with E-state index in [1.54, 1.807) is 6.92 Å². The van der Waals surface area contributed by atoms with E-state index >= 15 is 0 Å². The molecule has 20 heavy (non-hydrogen) atoms. The van der Waals surface area contributed by atoms with Crippen molar-refractivity contribution in [3.8, 4) is 0 Å². The summed E-state index contributed by atoms with van der Waals surface area (Å²) < 4.78 is 0. The van der Waals surface area contributed by atoms with Gasteiger partial charge in [0.05, 0.1) is 11.7 Å². The quantitative estimate of drug-likeness (QED) is 0.763. The van der Waals surface area contributed by atoms with Crippen LogP contribution < -0.4 is 10.9 Å². The Morgan fingerprint density at radius 2 is 2.00 bits per heavy atom. The second kappa shape index (κ2) is 6.22. The third-order valence-electron chi connectivity index (χ3n) is 3.50. The third-order valence-corrected chi connectivity index (χ3v) is 3.50. The lowest BCUT2D eigenvalue weighted by atomic mass is 9.80. The first-order valence-corrected chi connectivity index (χ1v) is 6.81. The van der Waals surface area contributed by atoms with Crippen LogP contribution in [0.3, 0.4) is 0 Å². The SMILES string of the molecule is Cc1[nH]c(=O)ccc1C(=O)NCC(C)(C)C(O)C(C)C. The second-order valence-corrected chi connectivity index (χ2v) is 6.22. The summed E-state index contributed by atoms with van der Waals surface area (Å²) in [6.45, 7) is 9.77. The van der Waals surface area contributed by atoms with E-state index in [1.807, 2.05) is 27.7 Å². The number of nitrogens with one attached hydrogen (secondary N) is 2. The van der Waals surface area contributed by atoms with Gasteiger partial charge in [0.25, 0.3) is 5.91 Å². The summed E-state index contributed by atoms with van der Waals surface area (Å²) in [4.78, 5) is 25.8. The topological polar surface area (TPSA) is 82.2 Å². The van der Waals surface area contributed by atoms with E-state index < -0.39 is 11.5 Å². The molecule has 0 aliphatic rings. The van der Waals surface area contributed by atoms with Crippen molar-refractivity contribution in [3.05, 3.63) is 33.7 Å². The van der Waals surface area contributed by atoms with Crippen molar-refractivity contribution in [2.75, 3.05) is 6.54 Å². The number of rotatable bonds is 5. The van der Waals surface area contributed by atoms with Crippen LogP contribution in [0, 0.1) is 18.3 Å². The summed E-state index contributed by atoms with van der Waals surface area (Å²) in [6, 6.07) is 2.84. The highest BCUT2D eigenvalue weighted by Crippen LogP contribution is 2.25. The van der Waals surface area contributed by atoms with Crippen molar-refractivity contribution in [2.45, 2.75) is 40.7 Å². The van der Waals surface area contributed by atoms with E-state index in [4.69, 9.17) is 0 Å². The standard InChI is InChI=1S/C15H24N2O3/c1-9(2)13(19)15(4,5)8-16-14(20)11-6-7-12(18)17-10(11)3/h6-7,9,13,19H,8H2,1-5H3,(H,16,20)(H,17,18). The van der Waals surface area contributed by atoms with E-state index in [0.717, 1.165) is 0 Å². The molecule has 5 nitrogen and oxygen atoms in total. The fourth-order valence-electron chi connectivity index (χ4n) is 2.23. The van der Waals surface area contributed by atoms with Crippen molar-refractivity contribution in [1.82, 2.24) is 10.3 Å². The Balaban J connectivity index is 2.75. The number of hydrogen-bond acceptors (Lipinski definition) is 3. The summed E-state index contributed by atoms with van der Waals surface area (Å²) in [5.41, 5.74) is 0.339. The van der Waals surface area contributed by atoms with Crippen LogP contribution in [0.2, 0.25) is 0 Å². The highest BCUT2D eigenvalue weighted by molar-refractivity contribution is 5.95. The van der Waals surface area contributed by atoms with E-state index in [-0.39, 0.29) is 17.4 Å². The predicted molar refractivity (Wildman–Crippen MR) is 78.8 cm³/mol. The monoisotopic (exact) mass is 280 g/mol. The lowest BCUT2D eigenvalue weighted by molar-refractivity contribution is 0.0138. The molecule has 1 heterocycles. The zero-order chi connectivity index (χ0) is 15.5. The number of carbonyl (C=O) groups is 1. The zero-order valence-corrected chi connectivity index (χ0v) is 12.8. The van der Waals surface area contributed by atoms with E-state index in [9.17, 15) is 14.7 Å². The zero-order valence-electron chi connectivity index (χ0n) is 12.8. The van der Waals surface area contributed by atoms with Gasteiger partial charge in [-0.15, -0.1) is 0 Å². The molecule has 0 bridgehead atoms. The third kappa shape index (κ3) is 3.93. The van der Waals surface area contributed by atoms with E-state index in [1.165, 1.54) is 12.1 Å². The minimum absolute atomic E-state index is 0.122. The first-order valence-electron chi connectivity index (χ1n) is 6.81. The molecule has 0 aliphatic carbocycles. The molecular weight excluding hydrogens is 256 g/mol. The van der Waals surface area contributed by atoms with Crippen LogP contribution in [0.25, 0.3) is 0 Å². The largest absolute Gasteiger partial charge is 0.392 e. The number of pyridine rings is 1. The Morgan fingerprint density at radius 3 is 2.50 bits per heavy atom. The number of aryl methyl sites for hydroxylation is 1. The van der Waals surface area contributed by atoms with Crippen LogP contribution >= 0.6 is 0 Å². The van der Waals surface area contributed by atoms with Gasteiger partial charge >= 0.3 is 0 Å². The Kier molecular flexibility index (Phi) is 5.11. The van der Waals surface area contributed by atoms with Gasteiger partial charge in [-0.3, -0.25) is 9.59 Å². The molecule has 112 valence electrons. The molecule has 0 saturated carbocycles. The molecule has 0 radical (unpaired) electrons. The van der Waals surface area contributed by atoms with Crippen molar-refractivity contribution < 1.29 is 9.90 Å². The molecule has 0 spiro atoms. The van der Waals surface area contributed by atoms with Crippen LogP contribution in [0.1, 0.15) is 43.7 Å². The number of hydrogen-bond donors (Lipinski definition) is 3. The molecule has 1 aromatic heterocycles. The first kappa shape index (κ1) is 16.4. The minimum Gasteiger partial charge on any atom is -0.392 e. The summed E-state index contributed by atoms with van der Waals surface area (Å²) in [6.07, 6.45) is -0.500. The van der Waals surface area contributed by atoms with E-state index in [2.05, 4.69) is 10.3 Å². The number of carbonyl (C=O) groups excluding carboxylic acids is 1. The smallest absolute Gasteiger partial charge is 0.253 e. The molecule has 0 saturated heterocycles. The van der Waals surface area contributed by atoms with Gasteiger partial charge in [0, 0.05) is 23.7 Å². The molecule has 1 aromatic rings. The van der Waals surface area contributed by atoms with E-state index in [0.29, 0.717) is 17.8 Å². The van der Waals surface area contributed by atoms with Crippen LogP contribution in [0.4, 0.5) is 0 Å². The van der Waals surface area contributed by atoms with Gasteiger partial charge in [-0.25, -0.2) is 0 Å². The average Bonchev–Trinajstić information content (AvgIpc) is 2.35. The molecule has 1 amide bonds. The maximum Gasteiger partial charge on any atom is 0.253 e. The fraction of sp³-hybridized carbons (Fsp3) is 0.600. The Hall–Kier alpha value is -1.62. The Bertz CT molecular complexity index is 532. The number of aliphatic hydroxyl groups is 1. The van der Waals surface area contributed by atoms with Crippen molar-refractivity contribution in [1.29, 1.82) is 0 Å². The van der Waals surface area contributed by atoms with Gasteiger partial charge in [0.1, 0.15) is 0 Å². The fourth-order valence-corrected chi connectivity index (χ4v) is 2.23. The number of H-pyrrole nitrogens is 1. The van der Waals surface area contributed by atoms with Crippen LogP contribution in [0.15, 0.2) is 16.9 Å². The normalized spacial score (nSPS) is 13.3. The van der Waals surface area contributed by atoms with Crippen molar-refractivity contribution in [2.24, 2.45) is 11.3 Å². The predicted octanol–water partition coefficient (Wildman–Crippen LogP) is 1.46. The summed E-state index contributed by atoms with van der Waals surface area (Å²) in [5, 5.41) is 12.9. The first-order chi connectivity index (χ1) is 9.15. The van der Waals surface area contributed by atoms with Crippen molar-refractivity contribution in [3.63, 3.8) is 0 Å². The Labute approximate surface area is 119 Å². The van der Waals surface area contributed by atoms with Crippen molar-refractivity contribution >= 4 is 5.91 Å². The second-order valence-electron chi connectivity index (χ2n) is 6.22. The number of aromatic nitrogens is 1. The molecule has 0 aliphatic heterocycles. The highest BCUT2D eigenvalue weighted by Gasteiger charge is 2.30. The summed E-state index contributed by atoms with van der Waals surface area (Å²) >= 11 is 0. The van der Waals surface area contributed by atoms with Gasteiger partial charge in [-0.2, -0.15) is 0 Å². The number of aliphatic hydroxyl groups excluding tert-OH is 1. The molecule has 1 rings (SSSR count). The molecule has 5 heteroatoms. The minimum atomic E-state index is -0.500. The summed E-state index contributed by atoms with van der Waals surface area (Å²) in [7, 11) is 0. The van der Waals surface area contributed by atoms with Crippen LogP contribution in [-0.4, -0.2) is 28.6 Å². The maximum atomic E-state index is 12.1. The summed E-state index contributed by atoms with van der Waals surface area (Å²) in [5.74, 6) is -0.125. The van der Waals surface area contributed by atoms with Crippen LogP contribution in [-0.2, 0) is 0 Å². The Morgan fingerprint density at radius 1 is 1.40 bits per heavy atom. The lowest BCUT2D eigenvalue weighted by Crippen LogP contribution is -2.43. The van der Waals surface area contributed by atoms with Gasteiger partial charge in [-0.05, 0) is 18.9 Å². The lowest BCUT2D eigenvalue weighted by Gasteiger charge is -2.33. The molecular formula is C15H24N2O3. The van der Waals surface area contributed by atoms with Crippen LogP contribution in [0.5, 0.6) is 0 Å². The average molecular weight is 280 g/mol. The molecule has 1 atom stereocenters. The maximum absolute atomic E-state index is 12.1. The molecule has 0 aromatic carbocycles. The molecule has 0 fully saturated rings. The van der Waals surface area contributed by atoms with Gasteiger partial charge in [-0.1, -0.05) is 27.7 Å². The van der Waals surface area contributed by atoms with Gasteiger partial charge in [0.15, 0.2) is 0 Å². The number of amides is 1. The van der Waals surface area contributed by atoms with Gasteiger partial charge in [0.2, 0.25) is 5.56 Å². The molecule has 1 unspecified atom stereocenters. The molecule has 3 N–H and O–H groups in total. The van der Waals surface area contributed by atoms with Gasteiger partial charge < -0.3 is 15.4 Å². The highest BCUT2D eigenvalue weighted by atomic mass is 16.3.